The van der Waals surface area contributed by atoms with E-state index in [1.807, 2.05) is 19.9 Å². The van der Waals surface area contributed by atoms with Crippen molar-refractivity contribution in [3.8, 4) is 5.69 Å². The summed E-state index contributed by atoms with van der Waals surface area (Å²) in [7, 11) is 0. The number of benzene rings is 3. The average Bonchev–Trinajstić information content (AvgIpc) is 3.45. The molecule has 286 valence electrons. The minimum atomic E-state index is 0.565. The van der Waals surface area contributed by atoms with Crippen LogP contribution in [0, 0.1) is 18.8 Å². The highest BCUT2D eigenvalue weighted by molar-refractivity contribution is 6.09. The molecule has 5 rings (SSSR count). The predicted octanol–water partition coefficient (Wildman–Crippen LogP) is 14.7. The van der Waals surface area contributed by atoms with Gasteiger partial charge in [-0.1, -0.05) is 162 Å². The maximum absolute atomic E-state index is 3.98. The topological polar surface area (TPSA) is 4.93 Å². The Kier molecular flexibility index (Phi) is 17.8. The molecule has 0 saturated carbocycles. The smallest absolute Gasteiger partial charge is 0.0493 e. The Labute approximate surface area is 329 Å². The molecule has 0 amide bonds. The van der Waals surface area contributed by atoms with Gasteiger partial charge in [-0.3, -0.25) is 0 Å². The molecule has 54 heavy (non-hydrogen) atoms. The lowest BCUT2D eigenvalue weighted by Crippen LogP contribution is -2.26. The molecule has 2 unspecified atom stereocenters. The quantitative estimate of drug-likeness (QED) is 0.107. The Morgan fingerprint density at radius 2 is 1.54 bits per heavy atom. The number of allylic oxidation sites excluding steroid dienone is 11. The van der Waals surface area contributed by atoms with E-state index in [1.54, 1.807) is 5.57 Å². The van der Waals surface area contributed by atoms with Crippen LogP contribution in [0.5, 0.6) is 0 Å². The summed E-state index contributed by atoms with van der Waals surface area (Å²) < 4.78 is 2.42. The molecule has 0 N–H and O–H groups in total. The summed E-state index contributed by atoms with van der Waals surface area (Å²) >= 11 is 0. The summed E-state index contributed by atoms with van der Waals surface area (Å²) in [6.07, 6.45) is 32.4. The highest BCUT2D eigenvalue weighted by Gasteiger charge is 2.18. The molecule has 0 bridgehead atoms. The van der Waals surface area contributed by atoms with E-state index in [0.29, 0.717) is 11.8 Å². The molecule has 0 spiro atoms. The number of nitrogens with zero attached hydrogens (tertiary/aromatic N) is 1. The Morgan fingerprint density at radius 1 is 0.870 bits per heavy atom. The molecule has 4 aromatic rings. The van der Waals surface area contributed by atoms with Gasteiger partial charge in [0, 0.05) is 17.1 Å². The minimum absolute atomic E-state index is 0.565. The molecule has 1 nitrogen and oxygen atoms in total. The highest BCUT2D eigenvalue weighted by atomic mass is 15.0. The SMILES string of the molecule is C=C/C=c1\c(=C/C)c2ccccc2c2cc(-n3c(/C=C\C)c(C)c(CC)c3/C=C\C)ccc12.CC.CCCC(C)/C(C)=C\C=C/C(C)C1=C(C)C=CCC1. The molecule has 1 heteroatoms. The van der Waals surface area contributed by atoms with Crippen LogP contribution in [0.2, 0.25) is 0 Å². The van der Waals surface area contributed by atoms with Crippen molar-refractivity contribution in [2.45, 2.75) is 115 Å². The van der Waals surface area contributed by atoms with Gasteiger partial charge >= 0.3 is 0 Å². The van der Waals surface area contributed by atoms with Crippen LogP contribution in [-0.2, 0) is 6.42 Å². The maximum atomic E-state index is 3.98. The van der Waals surface area contributed by atoms with Gasteiger partial charge in [0.15, 0.2) is 0 Å². The largest absolute Gasteiger partial charge is 0.310 e. The molecular formula is C53H69N. The van der Waals surface area contributed by atoms with E-state index >= 15 is 0 Å². The van der Waals surface area contributed by atoms with Crippen LogP contribution in [0.3, 0.4) is 0 Å². The van der Waals surface area contributed by atoms with Crippen LogP contribution in [0.25, 0.3) is 51.5 Å². The van der Waals surface area contributed by atoms with E-state index in [2.05, 4.69) is 190 Å². The van der Waals surface area contributed by atoms with Crippen LogP contribution >= 0.6 is 0 Å². The molecule has 0 fully saturated rings. The predicted molar refractivity (Wildman–Crippen MR) is 247 cm³/mol. The van der Waals surface area contributed by atoms with E-state index < -0.39 is 0 Å². The fourth-order valence-corrected chi connectivity index (χ4v) is 7.88. The van der Waals surface area contributed by atoms with Crippen LogP contribution in [-0.4, -0.2) is 4.57 Å². The summed E-state index contributed by atoms with van der Waals surface area (Å²) in [4.78, 5) is 0. The summed E-state index contributed by atoms with van der Waals surface area (Å²) in [6, 6.07) is 15.6. The first kappa shape index (κ1) is 43.8. The third-order valence-corrected chi connectivity index (χ3v) is 10.8. The molecule has 1 heterocycles. The lowest BCUT2D eigenvalue weighted by Gasteiger charge is -2.17. The number of rotatable bonds is 11. The first-order valence-electron chi connectivity index (χ1n) is 20.6. The minimum Gasteiger partial charge on any atom is -0.310 e. The van der Waals surface area contributed by atoms with Crippen molar-refractivity contribution in [1.29, 1.82) is 0 Å². The van der Waals surface area contributed by atoms with Gasteiger partial charge in [0.25, 0.3) is 0 Å². The Hall–Kier alpha value is -4.62. The Balaban J connectivity index is 0.000000319. The van der Waals surface area contributed by atoms with E-state index in [-0.39, 0.29) is 0 Å². The summed E-state index contributed by atoms with van der Waals surface area (Å²) in [6.45, 7) is 30.1. The van der Waals surface area contributed by atoms with Gasteiger partial charge in [-0.2, -0.15) is 0 Å². The zero-order valence-electron chi connectivity index (χ0n) is 35.8. The van der Waals surface area contributed by atoms with Crippen molar-refractivity contribution in [1.82, 2.24) is 4.57 Å². The molecular weight excluding hydrogens is 651 g/mol. The van der Waals surface area contributed by atoms with Crippen molar-refractivity contribution in [2.75, 3.05) is 0 Å². The molecule has 1 aliphatic rings. The first-order chi connectivity index (χ1) is 26.2. The highest BCUT2D eigenvalue weighted by Crippen LogP contribution is 2.32. The van der Waals surface area contributed by atoms with E-state index in [0.717, 1.165) is 6.42 Å². The molecule has 0 radical (unpaired) electrons. The summed E-state index contributed by atoms with van der Waals surface area (Å²) in [5.74, 6) is 1.28. The number of aromatic nitrogens is 1. The van der Waals surface area contributed by atoms with Gasteiger partial charge in [-0.25, -0.2) is 0 Å². The van der Waals surface area contributed by atoms with E-state index in [4.69, 9.17) is 0 Å². The van der Waals surface area contributed by atoms with Gasteiger partial charge in [0.2, 0.25) is 0 Å². The summed E-state index contributed by atoms with van der Waals surface area (Å²) in [5, 5.41) is 7.57. The van der Waals surface area contributed by atoms with Crippen molar-refractivity contribution in [3.05, 3.63) is 147 Å². The second kappa shape index (κ2) is 21.9. The van der Waals surface area contributed by atoms with Crippen LogP contribution in [0.15, 0.2) is 114 Å². The molecule has 0 aliphatic heterocycles. The number of hydrogen-bond donors (Lipinski definition) is 0. The fourth-order valence-electron chi connectivity index (χ4n) is 7.88. The zero-order valence-corrected chi connectivity index (χ0v) is 35.8. The van der Waals surface area contributed by atoms with Gasteiger partial charge in [0.1, 0.15) is 0 Å². The van der Waals surface area contributed by atoms with Gasteiger partial charge in [-0.15, -0.1) is 0 Å². The van der Waals surface area contributed by atoms with Gasteiger partial charge in [0.05, 0.1) is 0 Å². The fraction of sp³-hybridized carbons (Fsp3) is 0.358. The van der Waals surface area contributed by atoms with E-state index in [1.165, 1.54) is 97.0 Å². The van der Waals surface area contributed by atoms with Gasteiger partial charge in [-0.05, 0) is 146 Å². The molecule has 0 saturated heterocycles. The Morgan fingerprint density at radius 3 is 2.15 bits per heavy atom. The van der Waals surface area contributed by atoms with Crippen LogP contribution in [0.4, 0.5) is 0 Å². The van der Waals surface area contributed by atoms with Crippen LogP contribution in [0.1, 0.15) is 124 Å². The zero-order chi connectivity index (χ0) is 39.8. The van der Waals surface area contributed by atoms with Crippen molar-refractivity contribution in [3.63, 3.8) is 0 Å². The van der Waals surface area contributed by atoms with E-state index in [9.17, 15) is 0 Å². The normalized spacial score (nSPS) is 15.4. The van der Waals surface area contributed by atoms with Crippen molar-refractivity contribution in [2.24, 2.45) is 11.8 Å². The molecule has 1 aliphatic carbocycles. The standard InChI is InChI=1S/C32H33N.C19H30.C2H6/c1-7-14-26-25(11-5)27-17-12-13-18-28(27)30-21-23(19-20-29(26)30)33-31(15-8-2)22(6)24(10-4)32(33)16-9-3;1-6-10-15(2)16(3)12-9-13-18(5)19-14-8-7-11-17(19)4;1-2/h7-9,11-21H,1,10H2,2-6H3;7,9,11-13,15,18H,6,8,10,14H2,1-5H3;1-2H3/b15-8-,16-9-,25-11+,26-14+;13-9-,16-12-;. The third kappa shape index (κ3) is 10.1. The third-order valence-electron chi connectivity index (χ3n) is 10.8. The first-order valence-corrected chi connectivity index (χ1v) is 20.6. The molecule has 2 atom stereocenters. The summed E-state index contributed by atoms with van der Waals surface area (Å²) in [5.41, 5.74) is 11.0. The second-order valence-electron chi connectivity index (χ2n) is 14.3. The maximum Gasteiger partial charge on any atom is 0.0493 e. The van der Waals surface area contributed by atoms with Gasteiger partial charge < -0.3 is 4.57 Å². The van der Waals surface area contributed by atoms with Crippen LogP contribution < -0.4 is 10.4 Å². The molecule has 1 aromatic heterocycles. The second-order valence-corrected chi connectivity index (χ2v) is 14.3. The lowest BCUT2D eigenvalue weighted by molar-refractivity contribution is 0.601. The number of fused-ring (bicyclic) bond motifs is 3. The lowest BCUT2D eigenvalue weighted by atomic mass is 9.88. The Bertz CT molecular complexity index is 2180. The average molecular weight is 720 g/mol. The molecule has 3 aromatic carbocycles. The monoisotopic (exact) mass is 720 g/mol. The van der Waals surface area contributed by atoms with Crippen molar-refractivity contribution < 1.29 is 0 Å². The number of hydrogen-bond acceptors (Lipinski definition) is 0. The van der Waals surface area contributed by atoms with Crippen molar-refractivity contribution >= 4 is 45.8 Å².